The molecule has 0 aliphatic heterocycles. The predicted octanol–water partition coefficient (Wildman–Crippen LogP) is 1.91. The second-order valence-electron chi connectivity index (χ2n) is 6.06. The van der Waals surface area contributed by atoms with Crippen LogP contribution in [0, 0.1) is 0 Å². The highest BCUT2D eigenvalue weighted by atomic mass is 32.2. The zero-order valence-electron chi connectivity index (χ0n) is 13.8. The molecule has 1 aliphatic rings. The van der Waals surface area contributed by atoms with E-state index in [-0.39, 0.29) is 31.0 Å². The van der Waals surface area contributed by atoms with E-state index in [0.717, 1.165) is 19.1 Å². The Bertz CT molecular complexity index is 654. The van der Waals surface area contributed by atoms with Gasteiger partial charge in [0.1, 0.15) is 5.75 Å². The quantitative estimate of drug-likeness (QED) is 0.784. The molecule has 2 rings (SSSR count). The molecule has 0 spiro atoms. The average molecular weight is 340 g/mol. The Balaban J connectivity index is 2.16. The fraction of sp³-hybridized carbons (Fsp3) is 0.562. The van der Waals surface area contributed by atoms with E-state index in [2.05, 4.69) is 5.32 Å². The minimum Gasteiger partial charge on any atom is -0.489 e. The summed E-state index contributed by atoms with van der Waals surface area (Å²) < 4.78 is 31.2. The summed E-state index contributed by atoms with van der Waals surface area (Å²) in [5, 5.41) is 2.87. The molecule has 1 N–H and O–H groups in total. The normalized spacial score (nSPS) is 14.6. The summed E-state index contributed by atoms with van der Waals surface area (Å²) in [6.45, 7) is 3.85. The van der Waals surface area contributed by atoms with Crippen LogP contribution in [0.5, 0.6) is 5.75 Å². The van der Waals surface area contributed by atoms with E-state index >= 15 is 0 Å². The van der Waals surface area contributed by atoms with Crippen LogP contribution in [0.1, 0.15) is 33.1 Å². The van der Waals surface area contributed by atoms with Crippen molar-refractivity contribution in [2.24, 2.45) is 0 Å². The van der Waals surface area contributed by atoms with E-state index in [1.807, 2.05) is 13.8 Å². The maximum absolute atomic E-state index is 12.2. The lowest BCUT2D eigenvalue weighted by Crippen LogP contribution is -2.35. The van der Waals surface area contributed by atoms with Crippen molar-refractivity contribution >= 4 is 21.6 Å². The third kappa shape index (κ3) is 5.42. The number of rotatable bonds is 8. The number of para-hydroxylation sites is 2. The first-order valence-electron chi connectivity index (χ1n) is 7.80. The first kappa shape index (κ1) is 17.6. The van der Waals surface area contributed by atoms with E-state index < -0.39 is 10.0 Å². The van der Waals surface area contributed by atoms with Gasteiger partial charge in [-0.2, -0.15) is 0 Å². The van der Waals surface area contributed by atoms with Gasteiger partial charge in [0.05, 0.1) is 18.0 Å². The number of carbonyl (C=O) groups excluding carboxylic acids is 1. The van der Waals surface area contributed by atoms with Crippen LogP contribution in [-0.4, -0.2) is 39.3 Å². The van der Waals surface area contributed by atoms with Crippen molar-refractivity contribution in [2.75, 3.05) is 17.1 Å². The van der Waals surface area contributed by atoms with Crippen LogP contribution in [-0.2, 0) is 14.8 Å². The molecule has 0 saturated heterocycles. The molecule has 0 aromatic heterocycles. The SMILES string of the molecule is CC(C)Oc1ccccc1N(CCC(=O)NC1CC1)S(C)(=O)=O. The summed E-state index contributed by atoms with van der Waals surface area (Å²) in [6.07, 6.45) is 3.20. The highest BCUT2D eigenvalue weighted by molar-refractivity contribution is 7.92. The fourth-order valence-corrected chi connectivity index (χ4v) is 3.14. The fourth-order valence-electron chi connectivity index (χ4n) is 2.21. The standard InChI is InChI=1S/C16H24N2O4S/c1-12(2)22-15-7-5-4-6-14(15)18(23(3,20)21)11-10-16(19)17-13-8-9-13/h4-7,12-13H,8-11H2,1-3H3,(H,17,19). The number of carbonyl (C=O) groups is 1. The van der Waals surface area contributed by atoms with Gasteiger partial charge in [0.25, 0.3) is 0 Å². The molecular weight excluding hydrogens is 316 g/mol. The van der Waals surface area contributed by atoms with Gasteiger partial charge in [0.15, 0.2) is 0 Å². The number of nitrogens with one attached hydrogen (secondary N) is 1. The molecule has 7 heteroatoms. The number of ether oxygens (including phenoxy) is 1. The third-order valence-corrected chi connectivity index (χ3v) is 4.56. The number of hydrogen-bond donors (Lipinski definition) is 1. The molecule has 1 aliphatic carbocycles. The maximum Gasteiger partial charge on any atom is 0.232 e. The summed E-state index contributed by atoms with van der Waals surface area (Å²) in [7, 11) is -3.51. The Labute approximate surface area is 137 Å². The van der Waals surface area contributed by atoms with Gasteiger partial charge in [-0.15, -0.1) is 0 Å². The zero-order valence-corrected chi connectivity index (χ0v) is 14.6. The van der Waals surface area contributed by atoms with Gasteiger partial charge in [0.2, 0.25) is 15.9 Å². The molecule has 0 radical (unpaired) electrons. The zero-order chi connectivity index (χ0) is 17.0. The van der Waals surface area contributed by atoms with Gasteiger partial charge in [-0.1, -0.05) is 12.1 Å². The third-order valence-electron chi connectivity index (χ3n) is 3.38. The Morgan fingerprint density at radius 3 is 2.57 bits per heavy atom. The largest absolute Gasteiger partial charge is 0.489 e. The molecule has 1 saturated carbocycles. The van der Waals surface area contributed by atoms with Crippen molar-refractivity contribution in [3.63, 3.8) is 0 Å². The molecule has 1 amide bonds. The van der Waals surface area contributed by atoms with Crippen LogP contribution in [0.15, 0.2) is 24.3 Å². The number of nitrogens with zero attached hydrogens (tertiary/aromatic N) is 1. The van der Waals surface area contributed by atoms with Gasteiger partial charge in [-0.25, -0.2) is 8.42 Å². The second-order valence-corrected chi connectivity index (χ2v) is 7.97. The molecule has 23 heavy (non-hydrogen) atoms. The van der Waals surface area contributed by atoms with E-state index in [0.29, 0.717) is 11.4 Å². The van der Waals surface area contributed by atoms with Crippen molar-refractivity contribution in [1.82, 2.24) is 5.32 Å². The van der Waals surface area contributed by atoms with Crippen molar-refractivity contribution in [1.29, 1.82) is 0 Å². The van der Waals surface area contributed by atoms with Gasteiger partial charge in [-0.05, 0) is 38.8 Å². The number of sulfonamides is 1. The molecule has 0 bridgehead atoms. The van der Waals surface area contributed by atoms with E-state index in [1.165, 1.54) is 4.31 Å². The van der Waals surface area contributed by atoms with Crippen LogP contribution in [0.2, 0.25) is 0 Å². The van der Waals surface area contributed by atoms with E-state index in [1.54, 1.807) is 24.3 Å². The van der Waals surface area contributed by atoms with Crippen LogP contribution >= 0.6 is 0 Å². The first-order chi connectivity index (χ1) is 10.8. The summed E-state index contributed by atoms with van der Waals surface area (Å²) in [4.78, 5) is 11.9. The Morgan fingerprint density at radius 1 is 1.35 bits per heavy atom. The molecular formula is C16H24N2O4S. The molecule has 1 fully saturated rings. The maximum atomic E-state index is 12.2. The smallest absolute Gasteiger partial charge is 0.232 e. The lowest BCUT2D eigenvalue weighted by atomic mass is 10.2. The summed E-state index contributed by atoms with van der Waals surface area (Å²) in [5.74, 6) is 0.374. The highest BCUT2D eigenvalue weighted by Crippen LogP contribution is 2.30. The van der Waals surface area contributed by atoms with Crippen LogP contribution < -0.4 is 14.4 Å². The average Bonchev–Trinajstić information content (AvgIpc) is 3.22. The van der Waals surface area contributed by atoms with Crippen molar-refractivity contribution < 1.29 is 17.9 Å². The van der Waals surface area contributed by atoms with E-state index in [9.17, 15) is 13.2 Å². The van der Waals surface area contributed by atoms with E-state index in [4.69, 9.17) is 4.74 Å². The molecule has 0 unspecified atom stereocenters. The van der Waals surface area contributed by atoms with Crippen LogP contribution in [0.4, 0.5) is 5.69 Å². The van der Waals surface area contributed by atoms with Crippen LogP contribution in [0.25, 0.3) is 0 Å². The van der Waals surface area contributed by atoms with Crippen molar-refractivity contribution in [3.05, 3.63) is 24.3 Å². The van der Waals surface area contributed by atoms with Gasteiger partial charge < -0.3 is 10.1 Å². The van der Waals surface area contributed by atoms with Gasteiger partial charge in [0, 0.05) is 19.0 Å². The highest BCUT2D eigenvalue weighted by Gasteiger charge is 2.25. The molecule has 128 valence electrons. The molecule has 1 aromatic rings. The van der Waals surface area contributed by atoms with Crippen LogP contribution in [0.3, 0.4) is 0 Å². The Morgan fingerprint density at radius 2 is 2.00 bits per heavy atom. The molecule has 0 heterocycles. The number of hydrogen-bond acceptors (Lipinski definition) is 4. The summed E-state index contributed by atoms with van der Waals surface area (Å²) >= 11 is 0. The first-order valence-corrected chi connectivity index (χ1v) is 9.65. The lowest BCUT2D eigenvalue weighted by molar-refractivity contribution is -0.121. The number of amides is 1. The molecule has 1 aromatic carbocycles. The minimum absolute atomic E-state index is 0.0734. The van der Waals surface area contributed by atoms with Crippen molar-refractivity contribution in [2.45, 2.75) is 45.3 Å². The minimum atomic E-state index is -3.51. The Hall–Kier alpha value is -1.76. The number of benzene rings is 1. The predicted molar refractivity (Wildman–Crippen MR) is 90.2 cm³/mol. The second kappa shape index (κ2) is 7.21. The number of anilines is 1. The Kier molecular flexibility index (Phi) is 5.51. The molecule has 6 nitrogen and oxygen atoms in total. The van der Waals surface area contributed by atoms with Gasteiger partial charge in [-0.3, -0.25) is 9.10 Å². The topological polar surface area (TPSA) is 75.7 Å². The molecule has 0 atom stereocenters. The summed E-state index contributed by atoms with van der Waals surface area (Å²) in [6, 6.07) is 7.24. The summed E-state index contributed by atoms with van der Waals surface area (Å²) in [5.41, 5.74) is 0.461. The lowest BCUT2D eigenvalue weighted by Gasteiger charge is -2.25. The van der Waals surface area contributed by atoms with Gasteiger partial charge >= 0.3 is 0 Å². The monoisotopic (exact) mass is 340 g/mol. The van der Waals surface area contributed by atoms with Crippen molar-refractivity contribution in [3.8, 4) is 5.75 Å².